The lowest BCUT2D eigenvalue weighted by atomic mass is 9.80. The number of aryl methyl sites for hydroxylation is 1. The van der Waals surface area contributed by atoms with Crippen LogP contribution in [0.4, 0.5) is 10.1 Å². The third kappa shape index (κ3) is 3.67. The van der Waals surface area contributed by atoms with Gasteiger partial charge in [0, 0.05) is 13.0 Å². The molecule has 0 unspecified atom stereocenters. The monoisotopic (exact) mass is 346 g/mol. The zero-order valence-corrected chi connectivity index (χ0v) is 13.8. The number of aromatic nitrogens is 2. The standard InChI is InChI=1S/C17H19FN4O3/c1-11-5-6-13-14(3-2-4-15(13)18)17(11)20-16(23)7-8-21-10-12(9-19-21)22(24)25/h2-4,9-11,17H,5-8H2,1H3,(H,20,23)/t11-,17+/m0/s1. The van der Waals surface area contributed by atoms with Gasteiger partial charge in [0.1, 0.15) is 18.2 Å². The quantitative estimate of drug-likeness (QED) is 0.666. The molecular formula is C17H19FN4O3. The number of amides is 1. The van der Waals surface area contributed by atoms with Gasteiger partial charge in [0.2, 0.25) is 5.91 Å². The Bertz CT molecular complexity index is 805. The summed E-state index contributed by atoms with van der Waals surface area (Å²) in [6, 6.07) is 4.74. The van der Waals surface area contributed by atoms with Crippen molar-refractivity contribution in [1.29, 1.82) is 0 Å². The number of nitrogens with one attached hydrogen (secondary N) is 1. The van der Waals surface area contributed by atoms with Crippen molar-refractivity contribution < 1.29 is 14.1 Å². The van der Waals surface area contributed by atoms with Gasteiger partial charge in [0.05, 0.1) is 11.0 Å². The number of carbonyl (C=O) groups is 1. The molecule has 7 nitrogen and oxygen atoms in total. The lowest BCUT2D eigenvalue weighted by Gasteiger charge is -2.32. The van der Waals surface area contributed by atoms with Crippen LogP contribution in [-0.2, 0) is 17.8 Å². The summed E-state index contributed by atoms with van der Waals surface area (Å²) < 4.78 is 15.3. The van der Waals surface area contributed by atoms with E-state index in [0.717, 1.165) is 18.2 Å². The first-order chi connectivity index (χ1) is 12.0. The maximum Gasteiger partial charge on any atom is 0.306 e. The lowest BCUT2D eigenvalue weighted by Crippen LogP contribution is -2.36. The molecule has 0 saturated carbocycles. The van der Waals surface area contributed by atoms with Crippen molar-refractivity contribution in [2.45, 2.75) is 38.8 Å². The smallest absolute Gasteiger partial charge is 0.306 e. The largest absolute Gasteiger partial charge is 0.349 e. The number of fused-ring (bicyclic) bond motifs is 1. The summed E-state index contributed by atoms with van der Waals surface area (Å²) in [6.45, 7) is 2.28. The van der Waals surface area contributed by atoms with Crippen molar-refractivity contribution in [3.63, 3.8) is 0 Å². The van der Waals surface area contributed by atoms with Crippen LogP contribution in [-0.4, -0.2) is 20.6 Å². The van der Waals surface area contributed by atoms with Crippen molar-refractivity contribution >= 4 is 11.6 Å². The molecule has 8 heteroatoms. The van der Waals surface area contributed by atoms with Crippen LogP contribution in [0.1, 0.15) is 36.9 Å². The number of halogens is 1. The Balaban J connectivity index is 1.64. The first kappa shape index (κ1) is 17.1. The van der Waals surface area contributed by atoms with Gasteiger partial charge in [-0.1, -0.05) is 19.1 Å². The zero-order chi connectivity index (χ0) is 18.0. The van der Waals surface area contributed by atoms with Crippen LogP contribution in [0.3, 0.4) is 0 Å². The molecule has 1 heterocycles. The number of rotatable bonds is 5. The molecule has 25 heavy (non-hydrogen) atoms. The van der Waals surface area contributed by atoms with E-state index in [1.807, 2.05) is 13.0 Å². The van der Waals surface area contributed by atoms with Crippen LogP contribution < -0.4 is 5.32 Å². The van der Waals surface area contributed by atoms with Gasteiger partial charge in [-0.3, -0.25) is 19.6 Å². The van der Waals surface area contributed by atoms with E-state index in [2.05, 4.69) is 10.4 Å². The number of nitro groups is 1. The van der Waals surface area contributed by atoms with Crippen molar-refractivity contribution in [3.8, 4) is 0 Å². The molecule has 132 valence electrons. The molecule has 2 aromatic rings. The maximum atomic E-state index is 14.0. The van der Waals surface area contributed by atoms with E-state index >= 15 is 0 Å². The molecule has 2 atom stereocenters. The minimum absolute atomic E-state index is 0.106. The highest BCUT2D eigenvalue weighted by molar-refractivity contribution is 5.76. The van der Waals surface area contributed by atoms with Gasteiger partial charge < -0.3 is 5.32 Å². The number of hydrogen-bond acceptors (Lipinski definition) is 4. The minimum atomic E-state index is -0.529. The second-order valence-electron chi connectivity index (χ2n) is 6.34. The van der Waals surface area contributed by atoms with E-state index in [1.165, 1.54) is 16.9 Å². The molecule has 1 aromatic heterocycles. The van der Waals surface area contributed by atoms with Crippen LogP contribution in [0.2, 0.25) is 0 Å². The first-order valence-electron chi connectivity index (χ1n) is 8.19. The molecule has 1 aromatic carbocycles. The average molecular weight is 346 g/mol. The van der Waals surface area contributed by atoms with Gasteiger partial charge in [-0.05, 0) is 36.0 Å². The molecule has 1 amide bonds. The second kappa shape index (κ2) is 7.00. The Hall–Kier alpha value is -2.77. The van der Waals surface area contributed by atoms with E-state index < -0.39 is 4.92 Å². The first-order valence-corrected chi connectivity index (χ1v) is 8.19. The van der Waals surface area contributed by atoms with Crippen molar-refractivity contribution in [3.05, 3.63) is 57.7 Å². The summed E-state index contributed by atoms with van der Waals surface area (Å²) in [5, 5.41) is 17.5. The maximum absolute atomic E-state index is 14.0. The van der Waals surface area contributed by atoms with Gasteiger partial charge in [-0.2, -0.15) is 5.10 Å². The third-order valence-corrected chi connectivity index (χ3v) is 4.62. The van der Waals surface area contributed by atoms with Gasteiger partial charge >= 0.3 is 5.69 Å². The molecule has 0 radical (unpaired) electrons. The number of carbonyl (C=O) groups excluding carboxylic acids is 1. The Morgan fingerprint density at radius 2 is 2.32 bits per heavy atom. The minimum Gasteiger partial charge on any atom is -0.349 e. The molecule has 0 fully saturated rings. The number of hydrogen-bond donors (Lipinski definition) is 1. The SMILES string of the molecule is C[C@H]1CCc2c(F)cccc2[C@@H]1NC(=O)CCn1cc([N+](=O)[O-])cn1. The topological polar surface area (TPSA) is 90.1 Å². The van der Waals surface area contributed by atoms with Crippen molar-refractivity contribution in [2.75, 3.05) is 0 Å². The van der Waals surface area contributed by atoms with Crippen LogP contribution in [0, 0.1) is 21.8 Å². The predicted octanol–water partition coefficient (Wildman–Crippen LogP) is 2.76. The van der Waals surface area contributed by atoms with Crippen molar-refractivity contribution in [1.82, 2.24) is 15.1 Å². The zero-order valence-electron chi connectivity index (χ0n) is 13.8. The molecule has 0 saturated heterocycles. The van der Waals surface area contributed by atoms with Gasteiger partial charge in [-0.15, -0.1) is 0 Å². The van der Waals surface area contributed by atoms with E-state index in [1.54, 1.807) is 6.07 Å². The molecule has 0 aliphatic heterocycles. The van der Waals surface area contributed by atoms with Gasteiger partial charge in [0.15, 0.2) is 0 Å². The fourth-order valence-electron chi connectivity index (χ4n) is 3.23. The highest BCUT2D eigenvalue weighted by atomic mass is 19.1. The fourth-order valence-corrected chi connectivity index (χ4v) is 3.23. The number of benzene rings is 1. The highest BCUT2D eigenvalue weighted by Gasteiger charge is 2.29. The summed E-state index contributed by atoms with van der Waals surface area (Å²) >= 11 is 0. The Morgan fingerprint density at radius 1 is 1.52 bits per heavy atom. The Kier molecular flexibility index (Phi) is 4.78. The van der Waals surface area contributed by atoms with E-state index in [9.17, 15) is 19.3 Å². The number of nitrogens with zero attached hydrogens (tertiary/aromatic N) is 3. The predicted molar refractivity (Wildman–Crippen MR) is 88.3 cm³/mol. The van der Waals surface area contributed by atoms with Crippen LogP contribution >= 0.6 is 0 Å². The summed E-state index contributed by atoms with van der Waals surface area (Å²) in [5.74, 6) is -0.205. The lowest BCUT2D eigenvalue weighted by molar-refractivity contribution is -0.385. The summed E-state index contributed by atoms with van der Waals surface area (Å²) in [4.78, 5) is 22.4. The molecular weight excluding hydrogens is 327 g/mol. The molecule has 1 aliphatic carbocycles. The van der Waals surface area contributed by atoms with E-state index in [4.69, 9.17) is 0 Å². The van der Waals surface area contributed by atoms with Gasteiger partial charge in [0.25, 0.3) is 0 Å². The molecule has 1 N–H and O–H groups in total. The molecule has 0 bridgehead atoms. The average Bonchev–Trinajstić information content (AvgIpc) is 3.05. The van der Waals surface area contributed by atoms with E-state index in [-0.39, 0.29) is 42.3 Å². The molecule has 0 spiro atoms. The Labute approximate surface area is 144 Å². The fraction of sp³-hybridized carbons (Fsp3) is 0.412. The molecule has 3 rings (SSSR count). The molecule has 1 aliphatic rings. The van der Waals surface area contributed by atoms with E-state index in [0.29, 0.717) is 12.0 Å². The summed E-state index contributed by atoms with van der Waals surface area (Å²) in [5.41, 5.74) is 1.40. The Morgan fingerprint density at radius 3 is 3.04 bits per heavy atom. The summed E-state index contributed by atoms with van der Waals surface area (Å²) in [7, 11) is 0. The second-order valence-corrected chi connectivity index (χ2v) is 6.34. The van der Waals surface area contributed by atoms with Gasteiger partial charge in [-0.25, -0.2) is 4.39 Å². The van der Waals surface area contributed by atoms with Crippen molar-refractivity contribution in [2.24, 2.45) is 5.92 Å². The van der Waals surface area contributed by atoms with Crippen LogP contribution in [0.5, 0.6) is 0 Å². The highest BCUT2D eigenvalue weighted by Crippen LogP contribution is 2.35. The normalized spacial score (nSPS) is 19.3. The van der Waals surface area contributed by atoms with Crippen LogP contribution in [0.15, 0.2) is 30.6 Å². The third-order valence-electron chi connectivity index (χ3n) is 4.62. The summed E-state index contributed by atoms with van der Waals surface area (Å²) in [6.07, 6.45) is 4.07. The van der Waals surface area contributed by atoms with Crippen LogP contribution in [0.25, 0.3) is 0 Å².